The molecule has 0 aromatic heterocycles. The monoisotopic (exact) mass is 248 g/mol. The molecule has 0 aliphatic rings. The van der Waals surface area contributed by atoms with Gasteiger partial charge in [0.05, 0.1) is 32.5 Å². The van der Waals surface area contributed by atoms with E-state index >= 15 is 0 Å². The number of hydrogen-bond acceptors (Lipinski definition) is 9. The van der Waals surface area contributed by atoms with Crippen LogP contribution in [0.3, 0.4) is 0 Å². The SMILES string of the molecule is COS(=O)(=O)ON.NC(CO)(CO)CO. The highest BCUT2D eigenvalue weighted by Crippen LogP contribution is 1.93. The van der Waals surface area contributed by atoms with Gasteiger partial charge in [0.1, 0.15) is 0 Å². The van der Waals surface area contributed by atoms with Crippen LogP contribution in [0.1, 0.15) is 0 Å². The van der Waals surface area contributed by atoms with Crippen molar-refractivity contribution in [3.8, 4) is 0 Å². The molecule has 0 aromatic carbocycles. The first-order valence-electron chi connectivity index (χ1n) is 3.61. The molecule has 0 heterocycles. The fourth-order valence-corrected chi connectivity index (χ4v) is 0.268. The molecule has 0 rings (SSSR count). The lowest BCUT2D eigenvalue weighted by Crippen LogP contribution is -2.50. The van der Waals surface area contributed by atoms with E-state index in [-0.39, 0.29) is 0 Å². The third-order valence-electron chi connectivity index (χ3n) is 1.27. The van der Waals surface area contributed by atoms with E-state index in [0.717, 1.165) is 7.11 Å². The molecule has 0 aliphatic heterocycles. The minimum atomic E-state index is -3.88. The van der Waals surface area contributed by atoms with Crippen molar-refractivity contribution in [3.63, 3.8) is 0 Å². The Hall–Kier alpha value is -0.330. The lowest BCUT2D eigenvalue weighted by Gasteiger charge is -2.20. The second-order valence-electron chi connectivity index (χ2n) is 2.51. The smallest absolute Gasteiger partial charge is 0.394 e. The molecule has 0 atom stereocenters. The van der Waals surface area contributed by atoms with Crippen LogP contribution >= 0.6 is 0 Å². The number of aliphatic hydroxyl groups excluding tert-OH is 3. The summed E-state index contributed by atoms with van der Waals surface area (Å²) in [6.45, 7) is -1.21. The van der Waals surface area contributed by atoms with E-state index in [1.807, 2.05) is 0 Å². The quantitative estimate of drug-likeness (QED) is 0.309. The van der Waals surface area contributed by atoms with E-state index in [1.54, 1.807) is 0 Å². The van der Waals surface area contributed by atoms with Crippen molar-refractivity contribution >= 4 is 10.4 Å². The molecule has 0 bridgehead atoms. The molecular formula is C5H16N2O7S. The lowest BCUT2D eigenvalue weighted by molar-refractivity contribution is 0.0697. The zero-order valence-corrected chi connectivity index (χ0v) is 8.98. The van der Waals surface area contributed by atoms with Crippen molar-refractivity contribution in [1.82, 2.24) is 0 Å². The third-order valence-corrected chi connectivity index (χ3v) is 1.91. The van der Waals surface area contributed by atoms with Crippen LogP contribution in [0.25, 0.3) is 0 Å². The van der Waals surface area contributed by atoms with Gasteiger partial charge in [0, 0.05) is 0 Å². The number of rotatable bonds is 5. The predicted molar refractivity (Wildman–Crippen MR) is 49.4 cm³/mol. The zero-order chi connectivity index (χ0) is 12.5. The van der Waals surface area contributed by atoms with Gasteiger partial charge < -0.3 is 21.1 Å². The molecule has 0 amide bonds. The number of aliphatic hydroxyl groups is 3. The van der Waals surface area contributed by atoms with Gasteiger partial charge in [-0.25, -0.2) is 0 Å². The van der Waals surface area contributed by atoms with E-state index in [1.165, 1.54) is 0 Å². The highest BCUT2D eigenvalue weighted by atomic mass is 32.3. The van der Waals surface area contributed by atoms with Gasteiger partial charge in [-0.3, -0.25) is 4.18 Å². The van der Waals surface area contributed by atoms with Gasteiger partial charge in [0.2, 0.25) is 0 Å². The Labute approximate surface area is 87.5 Å². The van der Waals surface area contributed by atoms with E-state index in [2.05, 4.69) is 14.4 Å². The average molecular weight is 248 g/mol. The number of nitrogens with two attached hydrogens (primary N) is 2. The zero-order valence-electron chi connectivity index (χ0n) is 8.16. The molecule has 0 saturated carbocycles. The molecule has 0 saturated heterocycles. The largest absolute Gasteiger partial charge is 0.415 e. The average Bonchev–Trinajstić information content (AvgIpc) is 2.29. The molecule has 9 nitrogen and oxygen atoms in total. The van der Waals surface area contributed by atoms with Crippen LogP contribution in [0.15, 0.2) is 0 Å². The summed E-state index contributed by atoms with van der Waals surface area (Å²) in [5, 5.41) is 25.0. The molecule has 10 heteroatoms. The first kappa shape index (κ1) is 17.1. The van der Waals surface area contributed by atoms with E-state index in [4.69, 9.17) is 21.1 Å². The highest BCUT2D eigenvalue weighted by Gasteiger charge is 2.20. The molecule has 94 valence electrons. The van der Waals surface area contributed by atoms with Gasteiger partial charge >= 0.3 is 10.4 Å². The topological polar surface area (TPSA) is 165 Å². The molecule has 0 fully saturated rings. The molecule has 7 N–H and O–H groups in total. The van der Waals surface area contributed by atoms with Crippen molar-refractivity contribution in [1.29, 1.82) is 0 Å². The van der Waals surface area contributed by atoms with Crippen LogP contribution < -0.4 is 11.6 Å². The second kappa shape index (κ2) is 7.90. The van der Waals surface area contributed by atoms with Crippen LogP contribution in [0.2, 0.25) is 0 Å². The lowest BCUT2D eigenvalue weighted by atomic mass is 10.1. The first-order chi connectivity index (χ1) is 6.80. The molecular weight excluding hydrogens is 232 g/mol. The van der Waals surface area contributed by atoms with Gasteiger partial charge in [-0.15, -0.1) is 0 Å². The summed E-state index contributed by atoms with van der Waals surface area (Å²) in [6.07, 6.45) is 0. The Bertz CT molecular complexity index is 220. The molecule has 15 heavy (non-hydrogen) atoms. The third kappa shape index (κ3) is 8.65. The van der Waals surface area contributed by atoms with Gasteiger partial charge in [-0.1, -0.05) is 0 Å². The molecule has 0 aromatic rings. The molecule has 0 aliphatic carbocycles. The van der Waals surface area contributed by atoms with Crippen LogP contribution in [-0.4, -0.2) is 56.2 Å². The summed E-state index contributed by atoms with van der Waals surface area (Å²) in [5.74, 6) is 4.20. The fourth-order valence-electron chi connectivity index (χ4n) is 0.189. The van der Waals surface area contributed by atoms with Gasteiger partial charge in [0.25, 0.3) is 0 Å². The van der Waals surface area contributed by atoms with Gasteiger partial charge in [0.15, 0.2) is 0 Å². The Morgan fingerprint density at radius 1 is 1.20 bits per heavy atom. The van der Waals surface area contributed by atoms with E-state index < -0.39 is 35.8 Å². The second-order valence-corrected chi connectivity index (χ2v) is 3.85. The molecule has 0 radical (unpaired) electrons. The maximum Gasteiger partial charge on any atom is 0.415 e. The summed E-state index contributed by atoms with van der Waals surface area (Å²) in [7, 11) is -2.93. The van der Waals surface area contributed by atoms with Crippen LogP contribution in [0, 0.1) is 0 Å². The van der Waals surface area contributed by atoms with Crippen LogP contribution in [0.5, 0.6) is 0 Å². The predicted octanol–water partition coefficient (Wildman–Crippen LogP) is -3.57. The Morgan fingerprint density at radius 2 is 1.53 bits per heavy atom. The van der Waals surface area contributed by atoms with Crippen molar-refractivity contribution in [2.75, 3.05) is 26.9 Å². The Kier molecular flexibility index (Phi) is 8.99. The number of hydrogen-bond donors (Lipinski definition) is 5. The van der Waals surface area contributed by atoms with Crippen molar-refractivity contribution in [3.05, 3.63) is 0 Å². The summed E-state index contributed by atoms with van der Waals surface area (Å²) in [6, 6.07) is 0. The summed E-state index contributed by atoms with van der Waals surface area (Å²) >= 11 is 0. The highest BCUT2D eigenvalue weighted by molar-refractivity contribution is 7.81. The molecule has 0 unspecified atom stereocenters. The maximum absolute atomic E-state index is 9.80. The molecule has 0 spiro atoms. The van der Waals surface area contributed by atoms with Crippen molar-refractivity contribution in [2.24, 2.45) is 11.6 Å². The van der Waals surface area contributed by atoms with Crippen molar-refractivity contribution < 1.29 is 32.2 Å². The van der Waals surface area contributed by atoms with Crippen LogP contribution in [-0.2, 0) is 18.9 Å². The first-order valence-corrected chi connectivity index (χ1v) is 4.94. The van der Waals surface area contributed by atoms with Crippen LogP contribution in [0.4, 0.5) is 0 Å². The minimum absolute atomic E-state index is 0.403. The van der Waals surface area contributed by atoms with Crippen molar-refractivity contribution in [2.45, 2.75) is 5.54 Å². The standard InChI is InChI=1S/C4H11NO3.CH5NO4S/c5-4(1-6,2-7)3-8;1-5-7(3,4)6-2/h6-8H,1-3,5H2;2H2,1H3. The Morgan fingerprint density at radius 3 is 1.53 bits per heavy atom. The van der Waals surface area contributed by atoms with Gasteiger partial charge in [-0.2, -0.15) is 18.6 Å². The summed E-state index contributed by atoms with van der Waals surface area (Å²) in [4.78, 5) is 0. The summed E-state index contributed by atoms with van der Waals surface area (Å²) < 4.78 is 26.6. The summed E-state index contributed by atoms with van der Waals surface area (Å²) in [5.41, 5.74) is 3.94. The maximum atomic E-state index is 9.80. The Balaban J connectivity index is 0. The fraction of sp³-hybridized carbons (Fsp3) is 1.00. The van der Waals surface area contributed by atoms with E-state index in [0.29, 0.717) is 0 Å². The minimum Gasteiger partial charge on any atom is -0.394 e. The normalized spacial score (nSPS) is 11.9. The van der Waals surface area contributed by atoms with E-state index in [9.17, 15) is 8.42 Å². The van der Waals surface area contributed by atoms with Gasteiger partial charge in [-0.05, 0) is 0 Å².